The van der Waals surface area contributed by atoms with E-state index >= 15 is 0 Å². The molecule has 0 bridgehead atoms. The first-order valence-electron chi connectivity index (χ1n) is 12.7. The normalized spacial score (nSPS) is 25.0. The van der Waals surface area contributed by atoms with Gasteiger partial charge in [-0.25, -0.2) is 0 Å². The van der Waals surface area contributed by atoms with Crippen LogP contribution < -0.4 is 0 Å². The van der Waals surface area contributed by atoms with Gasteiger partial charge in [-0.2, -0.15) is 16.9 Å². The van der Waals surface area contributed by atoms with Crippen molar-refractivity contribution in [3.8, 4) is 0 Å². The first-order chi connectivity index (χ1) is 16.6. The lowest BCUT2D eigenvalue weighted by Crippen LogP contribution is -2.45. The van der Waals surface area contributed by atoms with Gasteiger partial charge in [-0.15, -0.1) is 0 Å². The Morgan fingerprint density at radius 2 is 1.59 bits per heavy atom. The van der Waals surface area contributed by atoms with Crippen molar-refractivity contribution >= 4 is 23.5 Å². The third-order valence-electron chi connectivity index (χ3n) is 7.47. The number of likely N-dealkylation sites (N-methyl/N-ethyl adjacent to an activating group) is 1. The van der Waals surface area contributed by atoms with Crippen LogP contribution in [0.2, 0.25) is 0 Å². The fourth-order valence-electron chi connectivity index (χ4n) is 5.34. The largest absolute Gasteiger partial charge is 0.304 e. The highest BCUT2D eigenvalue weighted by atomic mass is 32.2. The number of aryl methyl sites for hydroxylation is 2. The standard InChI is InChI=1S/C29H38N4S/c1-22-5-9-24(10-6-22)19-26-20-34-21-27-28(26)30-33(29(27)25-11-7-23(2)8-12-25)14-4-13-32-17-15-31(3)16-18-32/h5-12,19,27,29H,4,13-18,20-21H2,1-3H3/b26-19+. The quantitative estimate of drug-likeness (QED) is 0.581. The summed E-state index contributed by atoms with van der Waals surface area (Å²) >= 11 is 2.06. The van der Waals surface area contributed by atoms with Crippen molar-refractivity contribution in [3.63, 3.8) is 0 Å². The second kappa shape index (κ2) is 10.7. The van der Waals surface area contributed by atoms with Crippen molar-refractivity contribution in [1.29, 1.82) is 0 Å². The minimum atomic E-state index is 0.345. The number of piperazine rings is 1. The first-order valence-corrected chi connectivity index (χ1v) is 13.9. The Morgan fingerprint density at radius 3 is 2.29 bits per heavy atom. The van der Waals surface area contributed by atoms with Crippen LogP contribution >= 0.6 is 11.8 Å². The molecule has 2 aromatic carbocycles. The predicted octanol–water partition coefficient (Wildman–Crippen LogP) is 5.10. The minimum Gasteiger partial charge on any atom is -0.304 e. The number of benzene rings is 2. The summed E-state index contributed by atoms with van der Waals surface area (Å²) in [4.78, 5) is 5.05. The average molecular weight is 475 g/mol. The van der Waals surface area contributed by atoms with Gasteiger partial charge in [-0.05, 0) is 56.6 Å². The summed E-state index contributed by atoms with van der Waals surface area (Å²) in [5.41, 5.74) is 8.05. The molecule has 2 atom stereocenters. The van der Waals surface area contributed by atoms with E-state index in [1.54, 1.807) is 0 Å². The third-order valence-corrected chi connectivity index (χ3v) is 8.58. The Hall–Kier alpha value is -2.08. The van der Waals surface area contributed by atoms with Gasteiger partial charge in [-0.3, -0.25) is 5.01 Å². The zero-order valence-electron chi connectivity index (χ0n) is 20.9. The molecule has 3 aliphatic rings. The Kier molecular flexibility index (Phi) is 7.43. The maximum absolute atomic E-state index is 5.32. The molecule has 5 rings (SSSR count). The van der Waals surface area contributed by atoms with Crippen molar-refractivity contribution in [3.05, 3.63) is 76.4 Å². The maximum atomic E-state index is 5.32. The van der Waals surface area contributed by atoms with Crippen molar-refractivity contribution in [2.24, 2.45) is 11.0 Å². The summed E-state index contributed by atoms with van der Waals surface area (Å²) < 4.78 is 0. The van der Waals surface area contributed by atoms with Gasteiger partial charge in [0.1, 0.15) is 0 Å². The second-order valence-electron chi connectivity index (χ2n) is 10.2. The maximum Gasteiger partial charge on any atom is 0.0812 e. The van der Waals surface area contributed by atoms with Crippen LogP contribution in [0.15, 0.2) is 59.2 Å². The van der Waals surface area contributed by atoms with E-state index in [0.717, 1.165) is 18.1 Å². The van der Waals surface area contributed by atoms with Crippen LogP contribution in [0.3, 0.4) is 0 Å². The molecule has 3 heterocycles. The molecular formula is C29H38N4S. The second-order valence-corrected chi connectivity index (χ2v) is 11.2. The topological polar surface area (TPSA) is 22.1 Å². The Morgan fingerprint density at radius 1 is 0.912 bits per heavy atom. The number of nitrogens with zero attached hydrogens (tertiary/aromatic N) is 4. The summed E-state index contributed by atoms with van der Waals surface area (Å²) in [6, 6.07) is 18.4. The highest BCUT2D eigenvalue weighted by Crippen LogP contribution is 2.43. The van der Waals surface area contributed by atoms with Crippen LogP contribution in [0.1, 0.15) is 34.7 Å². The fourth-order valence-corrected chi connectivity index (χ4v) is 6.50. The number of rotatable bonds is 6. The van der Waals surface area contributed by atoms with E-state index in [2.05, 4.69) is 102 Å². The zero-order valence-corrected chi connectivity index (χ0v) is 21.7. The van der Waals surface area contributed by atoms with Crippen LogP contribution in [-0.4, -0.2) is 78.3 Å². The average Bonchev–Trinajstić information content (AvgIpc) is 3.22. The molecule has 4 nitrogen and oxygen atoms in total. The van der Waals surface area contributed by atoms with E-state index in [-0.39, 0.29) is 0 Å². The number of hydrazone groups is 1. The lowest BCUT2D eigenvalue weighted by Gasteiger charge is -2.33. The molecule has 0 spiro atoms. The van der Waals surface area contributed by atoms with Crippen molar-refractivity contribution in [2.45, 2.75) is 26.3 Å². The first kappa shape index (κ1) is 23.7. The molecule has 0 aromatic heterocycles. The van der Waals surface area contributed by atoms with Crippen LogP contribution in [0, 0.1) is 19.8 Å². The molecule has 3 aliphatic heterocycles. The van der Waals surface area contributed by atoms with E-state index in [4.69, 9.17) is 5.10 Å². The van der Waals surface area contributed by atoms with Crippen LogP contribution in [-0.2, 0) is 0 Å². The molecule has 0 radical (unpaired) electrons. The van der Waals surface area contributed by atoms with Crippen molar-refractivity contribution < 1.29 is 0 Å². The molecule has 5 heteroatoms. The van der Waals surface area contributed by atoms with Gasteiger partial charge in [0.15, 0.2) is 0 Å². The van der Waals surface area contributed by atoms with Crippen molar-refractivity contribution in [2.75, 3.05) is 57.8 Å². The monoisotopic (exact) mass is 474 g/mol. The smallest absolute Gasteiger partial charge is 0.0812 e. The Balaban J connectivity index is 1.36. The van der Waals surface area contributed by atoms with E-state index in [0.29, 0.717) is 12.0 Å². The SMILES string of the molecule is Cc1ccc(/C=C2\CSCC3C2=NN(CCCN2CCN(C)CC2)C3c2ccc(C)cc2)cc1. The molecular weight excluding hydrogens is 436 g/mol. The molecule has 0 amide bonds. The van der Waals surface area contributed by atoms with Gasteiger partial charge >= 0.3 is 0 Å². The lowest BCUT2D eigenvalue weighted by molar-refractivity contribution is 0.139. The molecule has 34 heavy (non-hydrogen) atoms. The van der Waals surface area contributed by atoms with E-state index in [1.165, 1.54) is 72.7 Å². The van der Waals surface area contributed by atoms with E-state index in [9.17, 15) is 0 Å². The highest BCUT2D eigenvalue weighted by molar-refractivity contribution is 7.99. The number of hydrogen-bond donors (Lipinski definition) is 0. The summed E-state index contributed by atoms with van der Waals surface area (Å²) in [5, 5.41) is 7.75. The summed E-state index contributed by atoms with van der Waals surface area (Å²) in [6.07, 6.45) is 3.54. The summed E-state index contributed by atoms with van der Waals surface area (Å²) in [6.45, 7) is 11.3. The van der Waals surface area contributed by atoms with E-state index < -0.39 is 0 Å². The summed E-state index contributed by atoms with van der Waals surface area (Å²) in [5.74, 6) is 2.66. The zero-order chi connectivity index (χ0) is 23.5. The number of fused-ring (bicyclic) bond motifs is 1. The van der Waals surface area contributed by atoms with Gasteiger partial charge in [-0.1, -0.05) is 59.7 Å². The van der Waals surface area contributed by atoms with Crippen LogP contribution in [0.4, 0.5) is 0 Å². The summed E-state index contributed by atoms with van der Waals surface area (Å²) in [7, 11) is 2.23. The number of thioether (sulfide) groups is 1. The van der Waals surface area contributed by atoms with Crippen LogP contribution in [0.5, 0.6) is 0 Å². The van der Waals surface area contributed by atoms with E-state index in [1.807, 2.05) is 0 Å². The van der Waals surface area contributed by atoms with Gasteiger partial charge in [0.05, 0.1) is 11.8 Å². The van der Waals surface area contributed by atoms with Gasteiger partial charge in [0, 0.05) is 50.1 Å². The molecule has 180 valence electrons. The molecule has 0 N–H and O–H groups in total. The molecule has 2 aromatic rings. The Labute approximate surface area is 209 Å². The molecule has 2 unspecified atom stereocenters. The highest BCUT2D eigenvalue weighted by Gasteiger charge is 2.41. The van der Waals surface area contributed by atoms with Gasteiger partial charge in [0.25, 0.3) is 0 Å². The minimum absolute atomic E-state index is 0.345. The van der Waals surface area contributed by atoms with Gasteiger partial charge < -0.3 is 9.80 Å². The fraction of sp³-hybridized carbons (Fsp3) is 0.483. The lowest BCUT2D eigenvalue weighted by atomic mass is 9.87. The molecule has 0 saturated carbocycles. The third kappa shape index (κ3) is 5.42. The molecule has 0 aliphatic carbocycles. The van der Waals surface area contributed by atoms with Crippen molar-refractivity contribution in [1.82, 2.24) is 14.8 Å². The predicted molar refractivity (Wildman–Crippen MR) is 147 cm³/mol. The number of hydrogen-bond acceptors (Lipinski definition) is 5. The van der Waals surface area contributed by atoms with Gasteiger partial charge in [0.2, 0.25) is 0 Å². The molecule has 2 fully saturated rings. The van der Waals surface area contributed by atoms with Crippen LogP contribution in [0.25, 0.3) is 6.08 Å². The Bertz CT molecular complexity index is 1020. The molecule has 2 saturated heterocycles.